The molecule has 0 saturated carbocycles. The van der Waals surface area contributed by atoms with Gasteiger partial charge in [-0.05, 0) is 71.8 Å². The van der Waals surface area contributed by atoms with Crippen LogP contribution in [0.5, 0.6) is 5.75 Å². The fraction of sp³-hybridized carbons (Fsp3) is 0.0256. The second kappa shape index (κ2) is 10.7. The number of aromatic amines is 2. The molecule has 2 aliphatic rings. The average molecular weight is 569 g/mol. The zero-order valence-electron chi connectivity index (χ0n) is 24.1. The topological polar surface area (TPSA) is 66.6 Å². The number of benzene rings is 3. The van der Waals surface area contributed by atoms with Gasteiger partial charge in [-0.25, -0.2) is 9.97 Å². The van der Waals surface area contributed by atoms with Crippen molar-refractivity contribution in [3.8, 4) is 39.1 Å². The van der Waals surface area contributed by atoms with Gasteiger partial charge >= 0.3 is 0 Å². The standard InChI is InChI=1S/C39H28N4O/c1-44-36-15-9-8-14-29(36)39-34-22-20-32(42-34)37(25-10-4-2-5-11-25)30-18-16-27(40-30)24-28-17-19-31(41-28)38(26-12-6-3-7-13-26)33-21-23-35(39)43-33/h2-24,40-41H,1H3. The molecule has 0 amide bonds. The fourth-order valence-corrected chi connectivity index (χ4v) is 6.08. The van der Waals surface area contributed by atoms with E-state index in [0.717, 1.165) is 84.0 Å². The van der Waals surface area contributed by atoms with Gasteiger partial charge in [0.1, 0.15) is 5.75 Å². The van der Waals surface area contributed by atoms with Crippen molar-refractivity contribution < 1.29 is 4.74 Å². The van der Waals surface area contributed by atoms with Crippen molar-refractivity contribution >= 4 is 46.4 Å². The smallest absolute Gasteiger partial charge is 0.126 e. The Bertz CT molecular complexity index is 2120. The van der Waals surface area contributed by atoms with Crippen LogP contribution in [0.3, 0.4) is 0 Å². The predicted molar refractivity (Wildman–Crippen MR) is 182 cm³/mol. The van der Waals surface area contributed by atoms with Gasteiger partial charge in [-0.3, -0.25) is 0 Å². The van der Waals surface area contributed by atoms with Crippen LogP contribution in [-0.2, 0) is 0 Å². The van der Waals surface area contributed by atoms with E-state index in [1.807, 2.05) is 30.3 Å². The summed E-state index contributed by atoms with van der Waals surface area (Å²) >= 11 is 0. The Morgan fingerprint density at radius 2 is 0.932 bits per heavy atom. The van der Waals surface area contributed by atoms with Gasteiger partial charge in [0, 0.05) is 44.3 Å². The molecule has 0 atom stereocenters. The van der Waals surface area contributed by atoms with Gasteiger partial charge in [-0.1, -0.05) is 78.9 Å². The number of aromatic nitrogens is 4. The fourth-order valence-electron chi connectivity index (χ4n) is 6.08. The van der Waals surface area contributed by atoms with Crippen LogP contribution in [-0.4, -0.2) is 27.0 Å². The van der Waals surface area contributed by atoms with E-state index in [1.165, 1.54) is 0 Å². The molecule has 210 valence electrons. The highest BCUT2D eigenvalue weighted by Crippen LogP contribution is 2.39. The van der Waals surface area contributed by atoms with E-state index in [4.69, 9.17) is 14.7 Å². The lowest BCUT2D eigenvalue weighted by Crippen LogP contribution is -1.93. The number of nitrogens with one attached hydrogen (secondary N) is 2. The van der Waals surface area contributed by atoms with Gasteiger partial charge in [-0.15, -0.1) is 0 Å². The summed E-state index contributed by atoms with van der Waals surface area (Å²) in [5.74, 6) is 0.768. The SMILES string of the molecule is COc1ccccc1-c1c2nc(c(-c3ccccc3)c3ccc(cc4ccc([nH]4)c(-c4ccccc4)c4nc1C=C4)[nH]3)C=C2. The lowest BCUT2D eigenvalue weighted by atomic mass is 10.0. The summed E-state index contributed by atoms with van der Waals surface area (Å²) in [5.41, 5.74) is 13.5. The third-order valence-corrected chi connectivity index (χ3v) is 8.07. The molecule has 0 unspecified atom stereocenters. The monoisotopic (exact) mass is 568 g/mol. The maximum atomic E-state index is 5.85. The van der Waals surface area contributed by atoms with Crippen molar-refractivity contribution in [1.29, 1.82) is 0 Å². The molecule has 3 aromatic carbocycles. The Morgan fingerprint density at radius 1 is 0.477 bits per heavy atom. The Balaban J connectivity index is 1.55. The molecule has 0 saturated heterocycles. The minimum Gasteiger partial charge on any atom is -0.496 e. The van der Waals surface area contributed by atoms with Crippen molar-refractivity contribution in [2.45, 2.75) is 0 Å². The summed E-state index contributed by atoms with van der Waals surface area (Å²) in [6, 6.07) is 39.5. The van der Waals surface area contributed by atoms with Gasteiger partial charge in [-0.2, -0.15) is 0 Å². The summed E-state index contributed by atoms with van der Waals surface area (Å²) in [6.45, 7) is 0. The molecule has 5 heteroatoms. The first-order chi connectivity index (χ1) is 21.7. The molecule has 3 aromatic heterocycles. The highest BCUT2D eigenvalue weighted by molar-refractivity contribution is 5.97. The Labute approximate surface area is 254 Å². The minimum absolute atomic E-state index is 0.768. The van der Waals surface area contributed by atoms with Crippen molar-refractivity contribution in [2.24, 2.45) is 0 Å². The third kappa shape index (κ3) is 4.52. The lowest BCUT2D eigenvalue weighted by molar-refractivity contribution is 0.416. The van der Waals surface area contributed by atoms with Crippen molar-refractivity contribution in [1.82, 2.24) is 19.9 Å². The molecule has 5 heterocycles. The zero-order valence-corrected chi connectivity index (χ0v) is 24.1. The van der Waals surface area contributed by atoms with Crippen LogP contribution in [0.25, 0.3) is 79.8 Å². The first kappa shape index (κ1) is 25.7. The highest BCUT2D eigenvalue weighted by Gasteiger charge is 2.20. The number of hydrogen-bond donors (Lipinski definition) is 2. The molecular formula is C39H28N4O. The molecule has 8 rings (SSSR count). The van der Waals surface area contributed by atoms with E-state index in [-0.39, 0.29) is 0 Å². The summed E-state index contributed by atoms with van der Waals surface area (Å²) in [7, 11) is 1.70. The summed E-state index contributed by atoms with van der Waals surface area (Å²) in [6.07, 6.45) is 8.36. The number of H-pyrrole nitrogens is 2. The van der Waals surface area contributed by atoms with Crippen LogP contribution in [0.4, 0.5) is 0 Å². The van der Waals surface area contributed by atoms with Gasteiger partial charge in [0.25, 0.3) is 0 Å². The first-order valence-electron chi connectivity index (χ1n) is 14.6. The Kier molecular flexibility index (Phi) is 6.27. The Hall–Kier alpha value is -5.94. The quantitative estimate of drug-likeness (QED) is 0.222. The van der Waals surface area contributed by atoms with E-state index in [1.54, 1.807) is 7.11 Å². The highest BCUT2D eigenvalue weighted by atomic mass is 16.5. The molecular weight excluding hydrogens is 540 g/mol. The number of nitrogens with zero attached hydrogens (tertiary/aromatic N) is 2. The summed E-state index contributed by atoms with van der Waals surface area (Å²) in [5, 5.41) is 0. The second-order valence-corrected chi connectivity index (χ2v) is 10.8. The molecule has 6 aromatic rings. The van der Waals surface area contributed by atoms with Gasteiger partial charge in [0.2, 0.25) is 0 Å². The van der Waals surface area contributed by atoms with Crippen LogP contribution in [0, 0.1) is 0 Å². The molecule has 8 bridgehead atoms. The third-order valence-electron chi connectivity index (χ3n) is 8.07. The number of rotatable bonds is 4. The lowest BCUT2D eigenvalue weighted by Gasteiger charge is -2.10. The van der Waals surface area contributed by atoms with Crippen LogP contribution in [0.2, 0.25) is 0 Å². The average Bonchev–Trinajstić information content (AvgIpc) is 3.89. The molecule has 0 spiro atoms. The molecule has 0 radical (unpaired) electrons. The Morgan fingerprint density at radius 3 is 1.43 bits per heavy atom. The molecule has 0 aliphatic carbocycles. The molecule has 44 heavy (non-hydrogen) atoms. The van der Waals surface area contributed by atoms with E-state index in [0.29, 0.717) is 0 Å². The molecule has 2 N–H and O–H groups in total. The first-order valence-corrected chi connectivity index (χ1v) is 14.6. The van der Waals surface area contributed by atoms with E-state index in [9.17, 15) is 0 Å². The van der Waals surface area contributed by atoms with Crippen LogP contribution >= 0.6 is 0 Å². The van der Waals surface area contributed by atoms with Gasteiger partial charge < -0.3 is 14.7 Å². The zero-order chi connectivity index (χ0) is 29.5. The number of para-hydroxylation sites is 1. The van der Waals surface area contributed by atoms with Gasteiger partial charge in [0.15, 0.2) is 0 Å². The minimum atomic E-state index is 0.768. The van der Waals surface area contributed by atoms with E-state index >= 15 is 0 Å². The van der Waals surface area contributed by atoms with Crippen LogP contribution in [0.1, 0.15) is 22.8 Å². The van der Waals surface area contributed by atoms with Gasteiger partial charge in [0.05, 0.1) is 29.9 Å². The largest absolute Gasteiger partial charge is 0.496 e. The molecule has 5 nitrogen and oxygen atoms in total. The van der Waals surface area contributed by atoms with Crippen molar-refractivity contribution in [3.63, 3.8) is 0 Å². The summed E-state index contributed by atoms with van der Waals surface area (Å²) < 4.78 is 5.85. The van der Waals surface area contributed by atoms with Crippen LogP contribution in [0.15, 0.2) is 115 Å². The second-order valence-electron chi connectivity index (χ2n) is 10.8. The number of ether oxygens (including phenoxy) is 1. The number of hydrogen-bond acceptors (Lipinski definition) is 3. The summed E-state index contributed by atoms with van der Waals surface area (Å²) in [4.78, 5) is 17.8. The van der Waals surface area contributed by atoms with Crippen molar-refractivity contribution in [3.05, 3.63) is 138 Å². The maximum Gasteiger partial charge on any atom is 0.126 e. The van der Waals surface area contributed by atoms with E-state index < -0.39 is 0 Å². The normalized spacial score (nSPS) is 12.0. The molecule has 2 aliphatic heterocycles. The maximum absolute atomic E-state index is 5.85. The van der Waals surface area contributed by atoms with Crippen LogP contribution < -0.4 is 4.74 Å². The number of fused-ring (bicyclic) bond motifs is 8. The predicted octanol–water partition coefficient (Wildman–Crippen LogP) is 9.67. The molecule has 0 fully saturated rings. The number of methoxy groups -OCH3 is 1. The van der Waals surface area contributed by atoms with Crippen molar-refractivity contribution in [2.75, 3.05) is 7.11 Å². The van der Waals surface area contributed by atoms with E-state index in [2.05, 4.69) is 119 Å².